The molecule has 4 heteroatoms. The summed E-state index contributed by atoms with van der Waals surface area (Å²) < 4.78 is 5.84. The summed E-state index contributed by atoms with van der Waals surface area (Å²) in [4.78, 5) is 8.92. The topological polar surface area (TPSA) is 47.0 Å². The molecule has 1 N–H and O–H groups in total. The summed E-state index contributed by atoms with van der Waals surface area (Å²) in [6.07, 6.45) is 8.44. The second kappa shape index (κ2) is 6.66. The Kier molecular flexibility index (Phi) is 4.43. The third-order valence-electron chi connectivity index (χ3n) is 3.73. The van der Waals surface area contributed by atoms with E-state index in [-0.39, 0.29) is 0 Å². The molecule has 1 heterocycles. The molecule has 0 unspecified atom stereocenters. The predicted octanol–water partition coefficient (Wildman–Crippen LogP) is 3.39. The second-order valence-corrected chi connectivity index (χ2v) is 5.30. The second-order valence-electron chi connectivity index (χ2n) is 5.30. The molecule has 4 nitrogen and oxygen atoms in total. The van der Waals surface area contributed by atoms with Gasteiger partial charge in [-0.15, -0.1) is 0 Å². The molecular weight excluding hydrogens is 250 g/mol. The normalized spacial score (nSPS) is 15.8. The zero-order chi connectivity index (χ0) is 13.6. The number of nitrogens with zero attached hydrogens (tertiary/aromatic N) is 2. The van der Waals surface area contributed by atoms with Crippen LogP contribution in [0.2, 0.25) is 0 Å². The van der Waals surface area contributed by atoms with Crippen molar-refractivity contribution in [1.82, 2.24) is 9.97 Å². The number of para-hydroxylation sites is 2. The Balaban J connectivity index is 1.42. The van der Waals surface area contributed by atoms with Crippen LogP contribution in [0.3, 0.4) is 0 Å². The number of hydrogen-bond donors (Lipinski definition) is 1. The lowest BCUT2D eigenvalue weighted by Gasteiger charge is -2.11. The third kappa shape index (κ3) is 3.45. The Bertz CT molecular complexity index is 552. The highest BCUT2D eigenvalue weighted by atomic mass is 16.5. The van der Waals surface area contributed by atoms with E-state index < -0.39 is 0 Å². The molecule has 0 saturated heterocycles. The predicted molar refractivity (Wildman–Crippen MR) is 80.9 cm³/mol. The van der Waals surface area contributed by atoms with Gasteiger partial charge in [-0.25, -0.2) is 4.98 Å². The molecule has 0 bridgehead atoms. The van der Waals surface area contributed by atoms with E-state index in [4.69, 9.17) is 4.74 Å². The molecule has 1 aliphatic rings. The smallest absolute Gasteiger partial charge is 0.145 e. The number of aromatic nitrogens is 2. The van der Waals surface area contributed by atoms with Crippen molar-refractivity contribution in [3.63, 3.8) is 0 Å². The first-order valence-corrected chi connectivity index (χ1v) is 7.49. The minimum Gasteiger partial charge on any atom is -0.378 e. The van der Waals surface area contributed by atoms with E-state index >= 15 is 0 Å². The molecule has 0 aliphatic heterocycles. The Morgan fingerprint density at radius 3 is 2.80 bits per heavy atom. The zero-order valence-corrected chi connectivity index (χ0v) is 11.7. The van der Waals surface area contributed by atoms with Crippen LogP contribution < -0.4 is 5.32 Å². The van der Waals surface area contributed by atoms with Crippen LogP contribution in [-0.4, -0.2) is 29.2 Å². The summed E-state index contributed by atoms with van der Waals surface area (Å²) in [6.45, 7) is 1.71. The van der Waals surface area contributed by atoms with Crippen molar-refractivity contribution in [2.45, 2.75) is 38.2 Å². The largest absolute Gasteiger partial charge is 0.378 e. The molecule has 1 aliphatic carbocycles. The third-order valence-corrected chi connectivity index (χ3v) is 3.73. The Labute approximate surface area is 119 Å². The number of benzene rings is 1. The number of nitrogens with one attached hydrogen (secondary N) is 1. The van der Waals surface area contributed by atoms with E-state index in [9.17, 15) is 0 Å². The van der Waals surface area contributed by atoms with Gasteiger partial charge in [-0.05, 0) is 31.4 Å². The van der Waals surface area contributed by atoms with E-state index in [1.165, 1.54) is 25.7 Å². The van der Waals surface area contributed by atoms with Crippen LogP contribution in [0.1, 0.15) is 32.1 Å². The van der Waals surface area contributed by atoms with E-state index in [1.54, 1.807) is 6.20 Å². The maximum absolute atomic E-state index is 5.84. The van der Waals surface area contributed by atoms with Crippen LogP contribution in [0.5, 0.6) is 0 Å². The van der Waals surface area contributed by atoms with Crippen molar-refractivity contribution in [2.24, 2.45) is 0 Å². The van der Waals surface area contributed by atoms with Crippen molar-refractivity contribution >= 4 is 16.9 Å². The Morgan fingerprint density at radius 2 is 1.95 bits per heavy atom. The van der Waals surface area contributed by atoms with Gasteiger partial charge in [0.25, 0.3) is 0 Å². The summed E-state index contributed by atoms with van der Waals surface area (Å²) in [7, 11) is 0. The summed E-state index contributed by atoms with van der Waals surface area (Å²) in [5, 5.41) is 3.31. The van der Waals surface area contributed by atoms with Crippen LogP contribution >= 0.6 is 0 Å². The van der Waals surface area contributed by atoms with Crippen molar-refractivity contribution in [3.05, 3.63) is 30.5 Å². The van der Waals surface area contributed by atoms with E-state index in [1.807, 2.05) is 24.3 Å². The lowest BCUT2D eigenvalue weighted by Crippen LogP contribution is -2.12. The van der Waals surface area contributed by atoms with Gasteiger partial charge in [-0.3, -0.25) is 4.98 Å². The van der Waals surface area contributed by atoms with Crippen molar-refractivity contribution in [1.29, 1.82) is 0 Å². The van der Waals surface area contributed by atoms with Crippen LogP contribution in [-0.2, 0) is 4.74 Å². The molecule has 106 valence electrons. The highest BCUT2D eigenvalue weighted by Crippen LogP contribution is 2.20. The fraction of sp³-hybridized carbons (Fsp3) is 0.500. The molecule has 0 amide bonds. The van der Waals surface area contributed by atoms with Gasteiger partial charge >= 0.3 is 0 Å². The number of anilines is 1. The Hall–Kier alpha value is -1.68. The highest BCUT2D eigenvalue weighted by molar-refractivity contribution is 5.75. The number of hydrogen-bond acceptors (Lipinski definition) is 4. The molecule has 1 aromatic carbocycles. The van der Waals surface area contributed by atoms with Crippen molar-refractivity contribution in [3.8, 4) is 0 Å². The molecule has 0 atom stereocenters. The van der Waals surface area contributed by atoms with Crippen molar-refractivity contribution in [2.75, 3.05) is 18.5 Å². The molecule has 0 spiro atoms. The van der Waals surface area contributed by atoms with Gasteiger partial charge in [0.15, 0.2) is 0 Å². The molecule has 1 saturated carbocycles. The van der Waals surface area contributed by atoms with Gasteiger partial charge in [-0.1, -0.05) is 25.0 Å². The maximum atomic E-state index is 5.84. The van der Waals surface area contributed by atoms with Crippen LogP contribution in [0.4, 0.5) is 5.82 Å². The lowest BCUT2D eigenvalue weighted by molar-refractivity contribution is 0.0583. The van der Waals surface area contributed by atoms with Gasteiger partial charge in [0.1, 0.15) is 5.82 Å². The molecule has 1 aromatic heterocycles. The first-order valence-electron chi connectivity index (χ1n) is 7.49. The molecule has 0 radical (unpaired) electrons. The fourth-order valence-electron chi connectivity index (χ4n) is 2.64. The summed E-state index contributed by atoms with van der Waals surface area (Å²) >= 11 is 0. The first kappa shape index (κ1) is 13.3. The monoisotopic (exact) mass is 271 g/mol. The SMILES string of the molecule is c1ccc2nc(NCCCOC3CCCC3)cnc2c1. The average Bonchev–Trinajstić information content (AvgIpc) is 3.00. The number of fused-ring (bicyclic) bond motifs is 1. The van der Waals surface area contributed by atoms with Gasteiger partial charge in [0, 0.05) is 13.2 Å². The first-order chi connectivity index (χ1) is 9.92. The van der Waals surface area contributed by atoms with Crippen LogP contribution in [0.15, 0.2) is 30.5 Å². The minimum atomic E-state index is 0.510. The summed E-state index contributed by atoms with van der Waals surface area (Å²) in [5.74, 6) is 0.838. The van der Waals surface area contributed by atoms with E-state index in [0.29, 0.717) is 6.10 Å². The van der Waals surface area contributed by atoms with E-state index in [0.717, 1.165) is 36.4 Å². The minimum absolute atomic E-state index is 0.510. The molecule has 3 rings (SSSR count). The molecule has 1 fully saturated rings. The molecule has 20 heavy (non-hydrogen) atoms. The van der Waals surface area contributed by atoms with Gasteiger partial charge in [0.05, 0.1) is 23.3 Å². The standard InChI is InChI=1S/C16H21N3O/c1-2-7-13(6-1)20-11-5-10-17-16-12-18-14-8-3-4-9-15(14)19-16/h3-4,8-9,12-13H,1-2,5-7,10-11H2,(H,17,19). The van der Waals surface area contributed by atoms with Gasteiger partial charge in [-0.2, -0.15) is 0 Å². The van der Waals surface area contributed by atoms with Crippen LogP contribution in [0.25, 0.3) is 11.0 Å². The highest BCUT2D eigenvalue weighted by Gasteiger charge is 2.14. The number of ether oxygens (including phenoxy) is 1. The van der Waals surface area contributed by atoms with E-state index in [2.05, 4.69) is 15.3 Å². The van der Waals surface area contributed by atoms with Gasteiger partial charge in [0.2, 0.25) is 0 Å². The quantitative estimate of drug-likeness (QED) is 0.818. The average molecular weight is 271 g/mol. The van der Waals surface area contributed by atoms with Gasteiger partial charge < -0.3 is 10.1 Å². The zero-order valence-electron chi connectivity index (χ0n) is 11.7. The fourth-order valence-corrected chi connectivity index (χ4v) is 2.64. The lowest BCUT2D eigenvalue weighted by atomic mass is 10.3. The Morgan fingerprint density at radius 1 is 1.15 bits per heavy atom. The maximum Gasteiger partial charge on any atom is 0.145 e. The summed E-state index contributed by atoms with van der Waals surface area (Å²) in [5.41, 5.74) is 1.86. The molecule has 2 aromatic rings. The number of rotatable bonds is 6. The summed E-state index contributed by atoms with van der Waals surface area (Å²) in [6, 6.07) is 7.92. The molecular formula is C16H21N3O. The van der Waals surface area contributed by atoms with Crippen LogP contribution in [0, 0.1) is 0 Å². The van der Waals surface area contributed by atoms with Crippen molar-refractivity contribution < 1.29 is 4.74 Å².